The Kier molecular flexibility index (Phi) is 6.29. The molecule has 3 rings (SSSR count). The summed E-state index contributed by atoms with van der Waals surface area (Å²) in [4.78, 5) is 12.0. The summed E-state index contributed by atoms with van der Waals surface area (Å²) < 4.78 is 10.6. The first-order valence-corrected chi connectivity index (χ1v) is 8.85. The summed E-state index contributed by atoms with van der Waals surface area (Å²) in [6.07, 6.45) is 0. The number of nitrogens with one attached hydrogen (secondary N) is 2. The smallest absolute Gasteiger partial charge is 0.263 e. The molecule has 0 unspecified atom stereocenters. The number of hydrogen-bond donors (Lipinski definition) is 2. The molecule has 3 aromatic rings. The molecule has 2 N–H and O–H groups in total. The quantitative estimate of drug-likeness (QED) is 0.620. The van der Waals surface area contributed by atoms with Crippen molar-refractivity contribution in [1.29, 1.82) is 0 Å². The van der Waals surface area contributed by atoms with Crippen LogP contribution < -0.4 is 20.1 Å². The molecule has 0 saturated carbocycles. The third-order valence-electron chi connectivity index (χ3n) is 3.75. The van der Waals surface area contributed by atoms with E-state index in [0.29, 0.717) is 28.2 Å². The van der Waals surface area contributed by atoms with Crippen LogP contribution >= 0.6 is 11.6 Å². The van der Waals surface area contributed by atoms with E-state index in [2.05, 4.69) is 20.8 Å². The number of rotatable bonds is 7. The van der Waals surface area contributed by atoms with Gasteiger partial charge in [-0.1, -0.05) is 29.3 Å². The summed E-state index contributed by atoms with van der Waals surface area (Å²) in [5.41, 5.74) is 1.86. The van der Waals surface area contributed by atoms with Gasteiger partial charge in [0.25, 0.3) is 5.91 Å². The highest BCUT2D eigenvalue weighted by molar-refractivity contribution is 6.32. The summed E-state index contributed by atoms with van der Waals surface area (Å²) >= 11 is 6.10. The van der Waals surface area contributed by atoms with Crippen LogP contribution in [0.4, 0.5) is 17.3 Å². The van der Waals surface area contributed by atoms with Gasteiger partial charge in [0, 0.05) is 5.69 Å². The highest BCUT2D eigenvalue weighted by atomic mass is 35.5. The van der Waals surface area contributed by atoms with E-state index in [4.69, 9.17) is 21.1 Å². The number of aryl methyl sites for hydroxylation is 1. The fourth-order valence-electron chi connectivity index (χ4n) is 2.32. The zero-order valence-corrected chi connectivity index (χ0v) is 16.2. The van der Waals surface area contributed by atoms with Crippen LogP contribution in [0.3, 0.4) is 0 Å². The van der Waals surface area contributed by atoms with Crippen molar-refractivity contribution in [3.8, 4) is 11.5 Å². The normalized spacial score (nSPS) is 10.2. The second-order valence-corrected chi connectivity index (χ2v) is 6.34. The molecule has 0 bridgehead atoms. The number of benzene rings is 2. The first kappa shape index (κ1) is 19.4. The Bertz CT molecular complexity index is 947. The molecule has 0 aliphatic rings. The zero-order chi connectivity index (χ0) is 19.9. The molecule has 0 aliphatic heterocycles. The van der Waals surface area contributed by atoms with Gasteiger partial charge in [0.1, 0.15) is 11.5 Å². The molecule has 144 valence electrons. The summed E-state index contributed by atoms with van der Waals surface area (Å²) in [6, 6.07) is 16.1. The SMILES string of the molecule is COc1ccc(Nc2ccc(NC(=O)COc3ccc(C)cc3)nn2)cc1Cl. The molecule has 28 heavy (non-hydrogen) atoms. The predicted octanol–water partition coefficient (Wildman–Crippen LogP) is 4.21. The maximum Gasteiger partial charge on any atom is 0.263 e. The van der Waals surface area contributed by atoms with Crippen molar-refractivity contribution in [2.75, 3.05) is 24.4 Å². The average Bonchev–Trinajstić information content (AvgIpc) is 2.69. The Morgan fingerprint density at radius 2 is 1.75 bits per heavy atom. The van der Waals surface area contributed by atoms with Gasteiger partial charge in [-0.15, -0.1) is 10.2 Å². The standard InChI is InChI=1S/C20H19ClN4O3/c1-13-3-6-15(7-4-13)28-12-20(26)23-19-10-9-18(24-25-19)22-14-5-8-17(27-2)16(21)11-14/h3-11H,12H2,1-2H3,(H,22,24)(H,23,25,26). The molecule has 0 fully saturated rings. The number of halogens is 1. The lowest BCUT2D eigenvalue weighted by Crippen LogP contribution is -2.21. The van der Waals surface area contributed by atoms with Crippen molar-refractivity contribution >= 4 is 34.8 Å². The summed E-state index contributed by atoms with van der Waals surface area (Å²) in [5, 5.41) is 14.2. The number of anilines is 3. The van der Waals surface area contributed by atoms with E-state index in [9.17, 15) is 4.79 Å². The molecule has 1 heterocycles. The lowest BCUT2D eigenvalue weighted by molar-refractivity contribution is -0.118. The second-order valence-electron chi connectivity index (χ2n) is 5.93. The van der Waals surface area contributed by atoms with Crippen molar-refractivity contribution in [3.63, 3.8) is 0 Å². The first-order valence-electron chi connectivity index (χ1n) is 8.47. The van der Waals surface area contributed by atoms with Crippen molar-refractivity contribution in [1.82, 2.24) is 10.2 Å². The Balaban J connectivity index is 1.53. The number of aromatic nitrogens is 2. The van der Waals surface area contributed by atoms with Gasteiger partial charge in [0.2, 0.25) is 0 Å². The predicted molar refractivity (Wildman–Crippen MR) is 109 cm³/mol. The molecule has 1 amide bonds. The third-order valence-corrected chi connectivity index (χ3v) is 4.04. The van der Waals surface area contributed by atoms with Gasteiger partial charge in [-0.2, -0.15) is 0 Å². The lowest BCUT2D eigenvalue weighted by atomic mass is 10.2. The van der Waals surface area contributed by atoms with Gasteiger partial charge in [-0.3, -0.25) is 4.79 Å². The minimum atomic E-state index is -0.322. The first-order chi connectivity index (χ1) is 13.5. The van der Waals surface area contributed by atoms with Gasteiger partial charge in [-0.25, -0.2) is 0 Å². The molecule has 0 radical (unpaired) electrons. The maximum absolute atomic E-state index is 12.0. The van der Waals surface area contributed by atoms with Crippen LogP contribution in [-0.4, -0.2) is 29.8 Å². The van der Waals surface area contributed by atoms with Crippen LogP contribution in [0, 0.1) is 6.92 Å². The average molecular weight is 399 g/mol. The molecule has 1 aromatic heterocycles. The number of methoxy groups -OCH3 is 1. The van der Waals surface area contributed by atoms with E-state index >= 15 is 0 Å². The number of carbonyl (C=O) groups is 1. The molecule has 8 heteroatoms. The monoisotopic (exact) mass is 398 g/mol. The van der Waals surface area contributed by atoms with E-state index in [-0.39, 0.29) is 12.5 Å². The van der Waals surface area contributed by atoms with Crippen LogP contribution in [0.5, 0.6) is 11.5 Å². The van der Waals surface area contributed by atoms with Gasteiger partial charge in [-0.05, 0) is 49.4 Å². The van der Waals surface area contributed by atoms with Crippen molar-refractivity contribution in [2.45, 2.75) is 6.92 Å². The highest BCUT2D eigenvalue weighted by Gasteiger charge is 2.07. The largest absolute Gasteiger partial charge is 0.495 e. The molecular formula is C20H19ClN4O3. The van der Waals surface area contributed by atoms with Crippen LogP contribution in [0.1, 0.15) is 5.56 Å². The molecule has 2 aromatic carbocycles. The number of carbonyl (C=O) groups excluding carboxylic acids is 1. The Morgan fingerprint density at radius 3 is 2.39 bits per heavy atom. The molecule has 7 nitrogen and oxygen atoms in total. The summed E-state index contributed by atoms with van der Waals surface area (Å²) in [7, 11) is 1.55. The van der Waals surface area contributed by atoms with Gasteiger partial charge < -0.3 is 20.1 Å². The van der Waals surface area contributed by atoms with E-state index < -0.39 is 0 Å². The minimum absolute atomic E-state index is 0.116. The summed E-state index contributed by atoms with van der Waals surface area (Å²) in [6.45, 7) is 1.87. The second kappa shape index (κ2) is 9.05. The lowest BCUT2D eigenvalue weighted by Gasteiger charge is -2.09. The molecule has 0 spiro atoms. The minimum Gasteiger partial charge on any atom is -0.495 e. The topological polar surface area (TPSA) is 85.4 Å². The number of ether oxygens (including phenoxy) is 2. The molecular weight excluding hydrogens is 380 g/mol. The number of hydrogen-bond acceptors (Lipinski definition) is 6. The van der Waals surface area contributed by atoms with Crippen LogP contribution in [0.25, 0.3) is 0 Å². The van der Waals surface area contributed by atoms with Gasteiger partial charge in [0.05, 0.1) is 12.1 Å². The van der Waals surface area contributed by atoms with E-state index in [1.807, 2.05) is 37.3 Å². The zero-order valence-electron chi connectivity index (χ0n) is 15.4. The number of amides is 1. The van der Waals surface area contributed by atoms with Crippen molar-refractivity contribution in [2.24, 2.45) is 0 Å². The van der Waals surface area contributed by atoms with E-state index in [1.165, 1.54) is 0 Å². The fourth-order valence-corrected chi connectivity index (χ4v) is 2.58. The third kappa shape index (κ3) is 5.34. The van der Waals surface area contributed by atoms with Gasteiger partial charge >= 0.3 is 0 Å². The Labute approximate surface area is 167 Å². The summed E-state index contributed by atoms with van der Waals surface area (Å²) in [5.74, 6) is 1.73. The maximum atomic E-state index is 12.0. The van der Waals surface area contributed by atoms with Crippen molar-refractivity contribution < 1.29 is 14.3 Å². The Hall–Kier alpha value is -3.32. The van der Waals surface area contributed by atoms with E-state index in [0.717, 1.165) is 11.3 Å². The van der Waals surface area contributed by atoms with Crippen LogP contribution in [0.2, 0.25) is 5.02 Å². The van der Waals surface area contributed by atoms with Crippen LogP contribution in [-0.2, 0) is 4.79 Å². The number of nitrogens with zero attached hydrogens (tertiary/aromatic N) is 2. The molecule has 0 atom stereocenters. The molecule has 0 saturated heterocycles. The fraction of sp³-hybridized carbons (Fsp3) is 0.150. The van der Waals surface area contributed by atoms with Gasteiger partial charge in [0.15, 0.2) is 18.2 Å². The Morgan fingerprint density at radius 1 is 1.04 bits per heavy atom. The highest BCUT2D eigenvalue weighted by Crippen LogP contribution is 2.28. The van der Waals surface area contributed by atoms with Crippen molar-refractivity contribution in [3.05, 3.63) is 65.2 Å². The van der Waals surface area contributed by atoms with Crippen LogP contribution in [0.15, 0.2) is 54.6 Å². The molecule has 0 aliphatic carbocycles. The van der Waals surface area contributed by atoms with E-state index in [1.54, 1.807) is 31.4 Å².